The van der Waals surface area contributed by atoms with Gasteiger partial charge in [0.1, 0.15) is 23.0 Å². The zero-order valence-electron chi connectivity index (χ0n) is 16.0. The number of hydrogen-bond donors (Lipinski definition) is 2. The third-order valence-electron chi connectivity index (χ3n) is 5.64. The number of nitriles is 1. The smallest absolute Gasteiger partial charge is 0.369 e. The number of anilines is 1. The Morgan fingerprint density at radius 1 is 1.31 bits per heavy atom. The molecule has 0 saturated heterocycles. The van der Waals surface area contributed by atoms with Gasteiger partial charge in [-0.2, -0.15) is 23.5 Å². The van der Waals surface area contributed by atoms with Crippen molar-refractivity contribution in [3.63, 3.8) is 0 Å². The predicted molar refractivity (Wildman–Crippen MR) is 105 cm³/mol. The first-order valence-corrected chi connectivity index (χ1v) is 10.1. The molecule has 32 heavy (non-hydrogen) atoms. The summed E-state index contributed by atoms with van der Waals surface area (Å²) in [4.78, 5) is 12.1. The van der Waals surface area contributed by atoms with Crippen molar-refractivity contribution in [2.24, 2.45) is 11.7 Å². The minimum atomic E-state index is -4.74. The Bertz CT molecular complexity index is 1150. The lowest BCUT2D eigenvalue weighted by Gasteiger charge is -2.18. The van der Waals surface area contributed by atoms with Gasteiger partial charge in [0.2, 0.25) is 5.91 Å². The summed E-state index contributed by atoms with van der Waals surface area (Å²) in [7, 11) is 0. The number of aromatic nitrogens is 2. The Morgan fingerprint density at radius 3 is 2.28 bits per heavy atom. The van der Waals surface area contributed by atoms with Gasteiger partial charge in [0, 0.05) is 13.0 Å². The SMILES string of the molecule is N#Cc1nn(-c2c(Cl)cc(C(F)(F)F)cc2Cl)c(NCC2CC2)c1C1(C(N)=O)CC1(F)F. The van der Waals surface area contributed by atoms with Crippen LogP contribution in [0, 0.1) is 17.2 Å². The Balaban J connectivity index is 1.96. The van der Waals surface area contributed by atoms with E-state index in [1.807, 2.05) is 0 Å². The molecule has 0 radical (unpaired) electrons. The largest absolute Gasteiger partial charge is 0.416 e. The van der Waals surface area contributed by atoms with E-state index in [1.165, 1.54) is 0 Å². The van der Waals surface area contributed by atoms with Crippen molar-refractivity contribution in [3.05, 3.63) is 39.0 Å². The summed E-state index contributed by atoms with van der Waals surface area (Å²) in [5, 5.41) is 15.5. The van der Waals surface area contributed by atoms with Crippen molar-refractivity contribution in [1.29, 1.82) is 5.26 Å². The predicted octanol–water partition coefficient (Wildman–Crippen LogP) is 4.65. The van der Waals surface area contributed by atoms with E-state index in [-0.39, 0.29) is 17.4 Å². The zero-order valence-corrected chi connectivity index (χ0v) is 17.5. The van der Waals surface area contributed by atoms with E-state index >= 15 is 0 Å². The van der Waals surface area contributed by atoms with Crippen LogP contribution in [-0.2, 0) is 16.4 Å². The van der Waals surface area contributed by atoms with Gasteiger partial charge >= 0.3 is 6.18 Å². The molecule has 2 aromatic rings. The molecule has 4 rings (SSSR count). The summed E-state index contributed by atoms with van der Waals surface area (Å²) in [6, 6.07) is 2.88. The van der Waals surface area contributed by atoms with Gasteiger partial charge in [-0.05, 0) is 30.9 Å². The molecular formula is C19H14Cl2F5N5O. The maximum absolute atomic E-state index is 14.4. The van der Waals surface area contributed by atoms with E-state index < -0.39 is 56.7 Å². The summed E-state index contributed by atoms with van der Waals surface area (Å²) >= 11 is 12.2. The average Bonchev–Trinajstić information content (AvgIpc) is 3.56. The van der Waals surface area contributed by atoms with E-state index in [0.717, 1.165) is 17.5 Å². The molecule has 2 saturated carbocycles. The molecule has 1 unspecified atom stereocenters. The number of nitrogens with two attached hydrogens (primary N) is 1. The van der Waals surface area contributed by atoms with Gasteiger partial charge in [0.05, 0.1) is 21.2 Å². The first-order valence-electron chi connectivity index (χ1n) is 9.35. The number of nitrogens with zero attached hydrogens (tertiary/aromatic N) is 3. The second-order valence-electron chi connectivity index (χ2n) is 7.86. The highest BCUT2D eigenvalue weighted by Gasteiger charge is 2.78. The van der Waals surface area contributed by atoms with Crippen LogP contribution in [0.4, 0.5) is 27.8 Å². The van der Waals surface area contributed by atoms with Crippen LogP contribution in [0.5, 0.6) is 0 Å². The molecule has 2 fully saturated rings. The fourth-order valence-corrected chi connectivity index (χ4v) is 4.32. The number of benzene rings is 1. The highest BCUT2D eigenvalue weighted by molar-refractivity contribution is 6.38. The van der Waals surface area contributed by atoms with E-state index in [2.05, 4.69) is 10.4 Å². The number of hydrogen-bond acceptors (Lipinski definition) is 4. The summed E-state index contributed by atoms with van der Waals surface area (Å²) in [5.74, 6) is -4.84. The molecule has 0 bridgehead atoms. The van der Waals surface area contributed by atoms with Gasteiger partial charge in [-0.25, -0.2) is 13.5 Å². The summed E-state index contributed by atoms with van der Waals surface area (Å²) in [6.07, 6.45) is -3.92. The van der Waals surface area contributed by atoms with Gasteiger partial charge < -0.3 is 11.1 Å². The molecule has 2 aliphatic rings. The zero-order chi connectivity index (χ0) is 23.6. The Kier molecular flexibility index (Phi) is 5.10. The quantitative estimate of drug-likeness (QED) is 0.572. The lowest BCUT2D eigenvalue weighted by atomic mass is 9.93. The summed E-state index contributed by atoms with van der Waals surface area (Å²) < 4.78 is 69.0. The summed E-state index contributed by atoms with van der Waals surface area (Å²) in [6.45, 7) is 0.292. The summed E-state index contributed by atoms with van der Waals surface area (Å²) in [5.41, 5.74) is 0.481. The van der Waals surface area contributed by atoms with Crippen LogP contribution in [0.1, 0.15) is 36.1 Å². The van der Waals surface area contributed by atoms with E-state index in [4.69, 9.17) is 28.9 Å². The molecule has 1 heterocycles. The first kappa shape index (κ1) is 22.6. The van der Waals surface area contributed by atoms with E-state index in [1.54, 1.807) is 6.07 Å². The Labute approximate surface area is 188 Å². The number of primary amides is 1. The minimum absolute atomic E-state index is 0.187. The molecule has 1 aromatic carbocycles. The number of amides is 1. The van der Waals surface area contributed by atoms with Crippen LogP contribution < -0.4 is 11.1 Å². The van der Waals surface area contributed by atoms with Gasteiger partial charge in [-0.15, -0.1) is 0 Å². The third kappa shape index (κ3) is 3.46. The molecule has 6 nitrogen and oxygen atoms in total. The standard InChI is InChI=1S/C19H14Cl2F5N5O/c20-10-3-9(19(24,25)26)4-11(21)14(10)31-15(29-6-8-1-2-8)13(12(5-27)30-31)17(16(28)32)7-18(17,22)23/h3-4,8,29H,1-2,6-7H2,(H2,28,32). The fourth-order valence-electron chi connectivity index (χ4n) is 3.67. The molecule has 3 N–H and O–H groups in total. The second-order valence-corrected chi connectivity index (χ2v) is 8.67. The molecule has 0 spiro atoms. The molecular weight excluding hydrogens is 480 g/mol. The average molecular weight is 494 g/mol. The number of alkyl halides is 5. The normalized spacial score (nSPS) is 21.8. The third-order valence-corrected chi connectivity index (χ3v) is 6.21. The maximum atomic E-state index is 14.4. The highest BCUT2D eigenvalue weighted by Crippen LogP contribution is 2.63. The van der Waals surface area contributed by atoms with Crippen LogP contribution in [0.15, 0.2) is 12.1 Å². The number of carbonyl (C=O) groups is 1. The molecule has 1 aromatic heterocycles. The van der Waals surface area contributed by atoms with Gasteiger partial charge in [0.25, 0.3) is 5.92 Å². The highest BCUT2D eigenvalue weighted by atomic mass is 35.5. The topological polar surface area (TPSA) is 96.7 Å². The molecule has 2 aliphatic carbocycles. The minimum Gasteiger partial charge on any atom is -0.369 e. The van der Waals surface area contributed by atoms with Crippen molar-refractivity contribution in [3.8, 4) is 11.8 Å². The number of carbonyl (C=O) groups excluding carboxylic acids is 1. The van der Waals surface area contributed by atoms with Crippen LogP contribution >= 0.6 is 23.2 Å². The second kappa shape index (κ2) is 7.22. The Morgan fingerprint density at radius 2 is 1.88 bits per heavy atom. The molecule has 13 heteroatoms. The Hall–Kier alpha value is -2.58. The number of rotatable bonds is 6. The maximum Gasteiger partial charge on any atom is 0.416 e. The number of nitrogens with one attached hydrogen (secondary N) is 1. The van der Waals surface area contributed by atoms with Crippen molar-refractivity contribution in [1.82, 2.24) is 9.78 Å². The fraction of sp³-hybridized carbons (Fsp3) is 0.421. The van der Waals surface area contributed by atoms with Crippen LogP contribution in [0.25, 0.3) is 5.69 Å². The van der Waals surface area contributed by atoms with Crippen LogP contribution in [0.3, 0.4) is 0 Å². The monoisotopic (exact) mass is 493 g/mol. The van der Waals surface area contributed by atoms with E-state index in [9.17, 15) is 32.0 Å². The van der Waals surface area contributed by atoms with Crippen LogP contribution in [0.2, 0.25) is 10.0 Å². The van der Waals surface area contributed by atoms with Gasteiger partial charge in [-0.1, -0.05) is 23.2 Å². The molecule has 170 valence electrons. The first-order chi connectivity index (χ1) is 14.8. The van der Waals surface area contributed by atoms with Crippen LogP contribution in [-0.4, -0.2) is 28.2 Å². The molecule has 0 aliphatic heterocycles. The lowest BCUT2D eigenvalue weighted by molar-refractivity contribution is -0.137. The van der Waals surface area contributed by atoms with Crippen molar-refractivity contribution < 1.29 is 26.7 Å². The van der Waals surface area contributed by atoms with Crippen molar-refractivity contribution >= 4 is 34.9 Å². The van der Waals surface area contributed by atoms with Gasteiger partial charge in [0.15, 0.2) is 5.69 Å². The van der Waals surface area contributed by atoms with E-state index in [0.29, 0.717) is 18.7 Å². The molecule has 1 atom stereocenters. The molecule has 1 amide bonds. The number of halogens is 7. The lowest BCUT2D eigenvalue weighted by Crippen LogP contribution is -2.35. The van der Waals surface area contributed by atoms with Crippen molar-refractivity contribution in [2.45, 2.75) is 36.8 Å². The van der Waals surface area contributed by atoms with Crippen molar-refractivity contribution in [2.75, 3.05) is 11.9 Å². The van der Waals surface area contributed by atoms with Gasteiger partial charge in [-0.3, -0.25) is 4.79 Å².